The van der Waals surface area contributed by atoms with Gasteiger partial charge in [0, 0.05) is 25.2 Å². The van der Waals surface area contributed by atoms with Crippen LogP contribution in [0.1, 0.15) is 33.1 Å². The lowest BCUT2D eigenvalue weighted by Crippen LogP contribution is -2.57. The first-order valence-electron chi connectivity index (χ1n) is 5.11. The van der Waals surface area contributed by atoms with E-state index in [0.29, 0.717) is 6.04 Å². The van der Waals surface area contributed by atoms with E-state index in [1.165, 1.54) is 12.8 Å². The Morgan fingerprint density at radius 2 is 1.92 bits per heavy atom. The summed E-state index contributed by atoms with van der Waals surface area (Å²) >= 11 is 0. The Balaban J connectivity index is 2.21. The normalized spacial score (nSPS) is 26.0. The molecule has 2 fully saturated rings. The maximum atomic E-state index is 11.9. The average molecular weight is 182 g/mol. The number of carbonyl (C=O) groups is 1. The smallest absolute Gasteiger partial charge is 0.320 e. The van der Waals surface area contributed by atoms with Gasteiger partial charge in [0.15, 0.2) is 0 Å². The highest BCUT2D eigenvalue weighted by atomic mass is 16.2. The quantitative estimate of drug-likeness (QED) is 0.605. The van der Waals surface area contributed by atoms with Gasteiger partial charge in [0.1, 0.15) is 0 Å². The summed E-state index contributed by atoms with van der Waals surface area (Å²) in [6, 6.07) is 0.566. The molecule has 1 aliphatic heterocycles. The number of hydrogen-bond acceptors (Lipinski definition) is 1. The average Bonchev–Trinajstić information content (AvgIpc) is 2.79. The van der Waals surface area contributed by atoms with E-state index in [2.05, 4.69) is 18.7 Å². The molecule has 1 spiro atoms. The topological polar surface area (TPSA) is 23.6 Å². The van der Waals surface area contributed by atoms with E-state index < -0.39 is 0 Å². The number of nitrogens with zero attached hydrogens (tertiary/aromatic N) is 2. The Hall–Kier alpha value is -0.730. The van der Waals surface area contributed by atoms with Gasteiger partial charge in [0.25, 0.3) is 0 Å². The van der Waals surface area contributed by atoms with Gasteiger partial charge in [-0.25, -0.2) is 4.79 Å². The molecular weight excluding hydrogens is 164 g/mol. The van der Waals surface area contributed by atoms with E-state index in [9.17, 15) is 4.79 Å². The molecular formula is C10H18N2O. The van der Waals surface area contributed by atoms with Crippen molar-refractivity contribution >= 4 is 6.03 Å². The van der Waals surface area contributed by atoms with Gasteiger partial charge >= 0.3 is 6.03 Å². The van der Waals surface area contributed by atoms with Gasteiger partial charge in [0.2, 0.25) is 0 Å². The Morgan fingerprint density at radius 1 is 1.31 bits per heavy atom. The lowest BCUT2D eigenvalue weighted by atomic mass is 10.1. The molecule has 1 saturated heterocycles. The fraction of sp³-hybridized carbons (Fsp3) is 0.900. The molecule has 74 valence electrons. The number of amides is 2. The lowest BCUT2D eigenvalue weighted by molar-refractivity contribution is 0.0801. The zero-order valence-corrected chi connectivity index (χ0v) is 8.71. The minimum Gasteiger partial charge on any atom is -0.328 e. The number of hydrogen-bond donors (Lipinski definition) is 0. The largest absolute Gasteiger partial charge is 0.328 e. The molecule has 0 aromatic carbocycles. The van der Waals surface area contributed by atoms with E-state index >= 15 is 0 Å². The van der Waals surface area contributed by atoms with Crippen LogP contribution in [0.15, 0.2) is 0 Å². The Labute approximate surface area is 79.7 Å². The fourth-order valence-electron chi connectivity index (χ4n) is 2.38. The molecule has 2 rings (SSSR count). The minimum atomic E-state index is 0.221. The Morgan fingerprint density at radius 3 is 2.38 bits per heavy atom. The second-order valence-corrected chi connectivity index (χ2v) is 4.64. The van der Waals surface area contributed by atoms with E-state index in [1.807, 2.05) is 11.9 Å². The van der Waals surface area contributed by atoms with Crippen molar-refractivity contribution in [3.05, 3.63) is 0 Å². The van der Waals surface area contributed by atoms with Crippen LogP contribution in [0, 0.1) is 0 Å². The molecule has 0 bridgehead atoms. The van der Waals surface area contributed by atoms with Crippen molar-refractivity contribution < 1.29 is 4.79 Å². The molecule has 1 aliphatic carbocycles. The molecule has 0 radical (unpaired) electrons. The molecule has 0 aromatic heterocycles. The highest BCUT2D eigenvalue weighted by molar-refractivity contribution is 5.77. The first kappa shape index (κ1) is 8.85. The zero-order chi connectivity index (χ0) is 9.64. The molecule has 2 aliphatic rings. The van der Waals surface area contributed by atoms with Crippen LogP contribution in [-0.2, 0) is 0 Å². The Kier molecular flexibility index (Phi) is 1.79. The molecule has 13 heavy (non-hydrogen) atoms. The van der Waals surface area contributed by atoms with Gasteiger partial charge in [-0.3, -0.25) is 0 Å². The van der Waals surface area contributed by atoms with Crippen molar-refractivity contribution in [1.82, 2.24) is 9.80 Å². The molecule has 0 unspecified atom stereocenters. The molecule has 1 heterocycles. The number of carbonyl (C=O) groups excluding carboxylic acids is 1. The van der Waals surface area contributed by atoms with E-state index in [0.717, 1.165) is 13.0 Å². The van der Waals surface area contributed by atoms with Gasteiger partial charge in [-0.1, -0.05) is 0 Å². The van der Waals surface area contributed by atoms with E-state index in [4.69, 9.17) is 0 Å². The SMILES string of the molecule is CC(C)N1C(=O)N(C)CCC12CC2. The monoisotopic (exact) mass is 182 g/mol. The second kappa shape index (κ2) is 2.63. The predicted molar refractivity (Wildman–Crippen MR) is 51.6 cm³/mol. The maximum Gasteiger partial charge on any atom is 0.320 e. The van der Waals surface area contributed by atoms with Crippen molar-refractivity contribution in [2.75, 3.05) is 13.6 Å². The van der Waals surface area contributed by atoms with E-state index in [1.54, 1.807) is 0 Å². The third-order valence-electron chi connectivity index (χ3n) is 3.30. The van der Waals surface area contributed by atoms with Gasteiger partial charge < -0.3 is 9.80 Å². The molecule has 0 atom stereocenters. The standard InChI is InChI=1S/C10H18N2O/c1-8(2)12-9(13)11(3)7-6-10(12)4-5-10/h8H,4-7H2,1-3H3. The molecule has 0 N–H and O–H groups in total. The van der Waals surface area contributed by atoms with Crippen molar-refractivity contribution in [3.8, 4) is 0 Å². The third-order valence-corrected chi connectivity index (χ3v) is 3.30. The van der Waals surface area contributed by atoms with Gasteiger partial charge in [-0.2, -0.15) is 0 Å². The molecule has 3 nitrogen and oxygen atoms in total. The van der Waals surface area contributed by atoms with Gasteiger partial charge in [0.05, 0.1) is 0 Å². The van der Waals surface area contributed by atoms with E-state index in [-0.39, 0.29) is 11.6 Å². The second-order valence-electron chi connectivity index (χ2n) is 4.64. The van der Waals surface area contributed by atoms with Crippen LogP contribution in [0.4, 0.5) is 4.79 Å². The number of urea groups is 1. The fourth-order valence-corrected chi connectivity index (χ4v) is 2.38. The van der Waals surface area contributed by atoms with Crippen LogP contribution in [0.25, 0.3) is 0 Å². The third kappa shape index (κ3) is 1.21. The van der Waals surface area contributed by atoms with Crippen LogP contribution in [0.3, 0.4) is 0 Å². The highest BCUT2D eigenvalue weighted by Gasteiger charge is 2.53. The lowest BCUT2D eigenvalue weighted by Gasteiger charge is -2.43. The Bertz CT molecular complexity index is 233. The van der Waals surface area contributed by atoms with Crippen LogP contribution < -0.4 is 0 Å². The van der Waals surface area contributed by atoms with Crippen LogP contribution in [0.5, 0.6) is 0 Å². The van der Waals surface area contributed by atoms with Crippen molar-refractivity contribution in [1.29, 1.82) is 0 Å². The first-order valence-corrected chi connectivity index (χ1v) is 5.11. The van der Waals surface area contributed by atoms with Crippen LogP contribution in [-0.4, -0.2) is 41.0 Å². The summed E-state index contributed by atoms with van der Waals surface area (Å²) in [5.41, 5.74) is 0.262. The van der Waals surface area contributed by atoms with Gasteiger partial charge in [-0.05, 0) is 33.1 Å². The molecule has 0 aromatic rings. The summed E-state index contributed by atoms with van der Waals surface area (Å²) in [5.74, 6) is 0. The predicted octanol–water partition coefficient (Wildman–Crippen LogP) is 1.68. The van der Waals surface area contributed by atoms with Gasteiger partial charge in [-0.15, -0.1) is 0 Å². The first-order chi connectivity index (χ1) is 6.07. The summed E-state index contributed by atoms with van der Waals surface area (Å²) in [5, 5.41) is 0. The number of rotatable bonds is 1. The van der Waals surface area contributed by atoms with Crippen molar-refractivity contribution in [3.63, 3.8) is 0 Å². The minimum absolute atomic E-state index is 0.221. The van der Waals surface area contributed by atoms with Crippen LogP contribution >= 0.6 is 0 Å². The zero-order valence-electron chi connectivity index (χ0n) is 8.71. The van der Waals surface area contributed by atoms with Crippen LogP contribution in [0.2, 0.25) is 0 Å². The molecule has 2 amide bonds. The molecule has 3 heteroatoms. The molecule has 1 saturated carbocycles. The van der Waals surface area contributed by atoms with Crippen molar-refractivity contribution in [2.45, 2.75) is 44.7 Å². The summed E-state index contributed by atoms with van der Waals surface area (Å²) < 4.78 is 0. The maximum absolute atomic E-state index is 11.9. The van der Waals surface area contributed by atoms with Crippen molar-refractivity contribution in [2.24, 2.45) is 0 Å². The summed E-state index contributed by atoms with van der Waals surface area (Å²) in [4.78, 5) is 15.8. The highest BCUT2D eigenvalue weighted by Crippen LogP contribution is 2.48. The summed E-state index contributed by atoms with van der Waals surface area (Å²) in [6.45, 7) is 5.15. The summed E-state index contributed by atoms with van der Waals surface area (Å²) in [6.07, 6.45) is 3.59. The summed E-state index contributed by atoms with van der Waals surface area (Å²) in [7, 11) is 1.90.